The van der Waals surface area contributed by atoms with Gasteiger partial charge >= 0.3 is 6.18 Å². The van der Waals surface area contributed by atoms with Gasteiger partial charge in [-0.3, -0.25) is 4.79 Å². The number of carbonyl (C=O) groups excluding carboxylic acids is 1. The number of nitrogens with zero attached hydrogens (tertiary/aromatic N) is 3. The Labute approximate surface area is 178 Å². The highest BCUT2D eigenvalue weighted by Gasteiger charge is 2.39. The molecular weight excluding hydrogens is 413 g/mol. The van der Waals surface area contributed by atoms with Gasteiger partial charge in [0.25, 0.3) is 5.91 Å². The van der Waals surface area contributed by atoms with E-state index in [2.05, 4.69) is 10.3 Å². The average molecular weight is 440 g/mol. The third-order valence-electron chi connectivity index (χ3n) is 5.70. The summed E-state index contributed by atoms with van der Waals surface area (Å²) in [6, 6.07) is 1.04. The van der Waals surface area contributed by atoms with E-state index in [1.54, 1.807) is 22.8 Å². The lowest BCUT2D eigenvalue weighted by atomic mass is 10.1. The second-order valence-corrected chi connectivity index (χ2v) is 8.01. The molecule has 4 rings (SSSR count). The number of aromatic nitrogens is 2. The maximum atomic E-state index is 13.8. The number of aryl methyl sites for hydroxylation is 1. The Morgan fingerprint density at radius 3 is 2.87 bits per heavy atom. The van der Waals surface area contributed by atoms with Crippen molar-refractivity contribution in [2.75, 3.05) is 33.4 Å². The number of methoxy groups -OCH3 is 1. The van der Waals surface area contributed by atoms with Gasteiger partial charge < -0.3 is 24.3 Å². The Morgan fingerprint density at radius 2 is 2.23 bits per heavy atom. The minimum Gasteiger partial charge on any atom is -0.385 e. The van der Waals surface area contributed by atoms with E-state index in [0.29, 0.717) is 44.8 Å². The predicted molar refractivity (Wildman–Crippen MR) is 107 cm³/mol. The van der Waals surface area contributed by atoms with E-state index in [0.717, 1.165) is 18.9 Å². The SMILES string of the molecule is COCCCn1cc(CN(C(=O)C2CNCCO2)C2CC2)c2c(C(F)(F)F)ccnc21. The molecule has 1 unspecified atom stereocenters. The van der Waals surface area contributed by atoms with Gasteiger partial charge in [0.1, 0.15) is 11.8 Å². The lowest BCUT2D eigenvalue weighted by Gasteiger charge is -2.30. The Balaban J connectivity index is 1.69. The van der Waals surface area contributed by atoms with Crippen LogP contribution in [-0.2, 0) is 33.5 Å². The van der Waals surface area contributed by atoms with E-state index < -0.39 is 17.8 Å². The standard InChI is InChI=1S/C21H27F3N4O3/c1-30-9-2-8-27-12-14(18-16(21(22,23)24)5-6-26-19(18)27)13-28(15-3-4-15)20(29)17-11-25-7-10-31-17/h5-6,12,15,17,25H,2-4,7-11,13H2,1H3. The lowest BCUT2D eigenvalue weighted by molar-refractivity contribution is -0.146. The fourth-order valence-electron chi connectivity index (χ4n) is 4.07. The summed E-state index contributed by atoms with van der Waals surface area (Å²) in [6.45, 7) is 2.61. The number of hydrogen-bond donors (Lipinski definition) is 1. The molecule has 10 heteroatoms. The van der Waals surface area contributed by atoms with Crippen molar-refractivity contribution in [1.29, 1.82) is 0 Å². The zero-order valence-corrected chi connectivity index (χ0v) is 17.5. The minimum atomic E-state index is -4.51. The molecule has 7 nitrogen and oxygen atoms in total. The highest BCUT2D eigenvalue weighted by atomic mass is 19.4. The first-order chi connectivity index (χ1) is 14.9. The Morgan fingerprint density at radius 1 is 1.42 bits per heavy atom. The summed E-state index contributed by atoms with van der Waals surface area (Å²) in [5.41, 5.74) is 0.00772. The highest BCUT2D eigenvalue weighted by Crippen LogP contribution is 2.38. The quantitative estimate of drug-likeness (QED) is 0.639. The number of pyridine rings is 1. The molecule has 3 heterocycles. The summed E-state index contributed by atoms with van der Waals surface area (Å²) in [4.78, 5) is 19.0. The molecule has 0 radical (unpaired) electrons. The van der Waals surface area contributed by atoms with Crippen LogP contribution >= 0.6 is 0 Å². The topological polar surface area (TPSA) is 68.6 Å². The van der Waals surface area contributed by atoms with Crippen molar-refractivity contribution < 1.29 is 27.4 Å². The molecule has 2 aromatic rings. The van der Waals surface area contributed by atoms with Crippen LogP contribution in [0.2, 0.25) is 0 Å². The molecule has 0 aromatic carbocycles. The molecule has 1 saturated heterocycles. The molecule has 1 aliphatic heterocycles. The lowest BCUT2D eigenvalue weighted by Crippen LogP contribution is -2.49. The number of nitrogens with one attached hydrogen (secondary N) is 1. The summed E-state index contributed by atoms with van der Waals surface area (Å²) in [7, 11) is 1.58. The first-order valence-corrected chi connectivity index (χ1v) is 10.6. The van der Waals surface area contributed by atoms with E-state index in [1.165, 1.54) is 6.20 Å². The van der Waals surface area contributed by atoms with Crippen LogP contribution in [0.3, 0.4) is 0 Å². The maximum absolute atomic E-state index is 13.8. The van der Waals surface area contributed by atoms with Gasteiger partial charge in [-0.1, -0.05) is 0 Å². The number of halogens is 3. The van der Waals surface area contributed by atoms with Crippen LogP contribution in [0.15, 0.2) is 18.5 Å². The van der Waals surface area contributed by atoms with Crippen LogP contribution < -0.4 is 5.32 Å². The van der Waals surface area contributed by atoms with Gasteiger partial charge in [0.05, 0.1) is 12.2 Å². The summed E-state index contributed by atoms with van der Waals surface area (Å²) < 4.78 is 53.8. The molecule has 1 atom stereocenters. The monoisotopic (exact) mass is 440 g/mol. The van der Waals surface area contributed by atoms with Crippen molar-refractivity contribution in [2.45, 2.75) is 50.7 Å². The van der Waals surface area contributed by atoms with Crippen molar-refractivity contribution >= 4 is 16.9 Å². The fraction of sp³-hybridized carbons (Fsp3) is 0.619. The molecule has 2 fully saturated rings. The maximum Gasteiger partial charge on any atom is 0.417 e. The number of hydrogen-bond acceptors (Lipinski definition) is 5. The summed E-state index contributed by atoms with van der Waals surface area (Å²) >= 11 is 0. The molecule has 0 bridgehead atoms. The van der Waals surface area contributed by atoms with Gasteiger partial charge in [-0.2, -0.15) is 13.2 Å². The fourth-order valence-corrected chi connectivity index (χ4v) is 4.07. The van der Waals surface area contributed by atoms with E-state index in [1.807, 2.05) is 0 Å². The van der Waals surface area contributed by atoms with Crippen molar-refractivity contribution in [3.05, 3.63) is 29.6 Å². The normalized spacial score (nSPS) is 19.7. The van der Waals surface area contributed by atoms with Gasteiger partial charge in [-0.05, 0) is 30.9 Å². The Kier molecular flexibility index (Phi) is 6.49. The van der Waals surface area contributed by atoms with Crippen LogP contribution in [0.4, 0.5) is 13.2 Å². The molecule has 0 spiro atoms. The molecule has 1 saturated carbocycles. The van der Waals surface area contributed by atoms with Gasteiger partial charge in [0.2, 0.25) is 0 Å². The van der Waals surface area contributed by atoms with Gasteiger partial charge in [0, 0.05) is 63.7 Å². The van der Waals surface area contributed by atoms with Crippen LogP contribution in [0.5, 0.6) is 0 Å². The largest absolute Gasteiger partial charge is 0.417 e. The van der Waals surface area contributed by atoms with Gasteiger partial charge in [-0.15, -0.1) is 0 Å². The first-order valence-electron chi connectivity index (χ1n) is 10.6. The average Bonchev–Trinajstić information content (AvgIpc) is 3.54. The summed E-state index contributed by atoms with van der Waals surface area (Å²) in [5, 5.41) is 3.20. The second kappa shape index (κ2) is 9.13. The van der Waals surface area contributed by atoms with Crippen molar-refractivity contribution in [1.82, 2.24) is 19.8 Å². The summed E-state index contributed by atoms with van der Waals surface area (Å²) in [5.74, 6) is -0.174. The molecule has 1 amide bonds. The van der Waals surface area contributed by atoms with E-state index in [4.69, 9.17) is 9.47 Å². The molecule has 1 aliphatic carbocycles. The molecule has 170 valence electrons. The minimum absolute atomic E-state index is 0.0379. The second-order valence-electron chi connectivity index (χ2n) is 8.01. The van der Waals surface area contributed by atoms with Crippen LogP contribution in [0.25, 0.3) is 11.0 Å². The molecule has 2 aromatic heterocycles. The zero-order chi connectivity index (χ0) is 22.0. The van der Waals surface area contributed by atoms with Crippen molar-refractivity contribution in [3.63, 3.8) is 0 Å². The smallest absolute Gasteiger partial charge is 0.385 e. The summed E-state index contributed by atoms with van der Waals surface area (Å²) in [6.07, 6.45) is 0.109. The number of rotatable bonds is 8. The van der Waals surface area contributed by atoms with Crippen molar-refractivity contribution in [3.8, 4) is 0 Å². The predicted octanol–water partition coefficient (Wildman–Crippen LogP) is 2.57. The Hall–Kier alpha value is -2.17. The van der Waals surface area contributed by atoms with Gasteiger partial charge in [0.15, 0.2) is 0 Å². The number of carbonyl (C=O) groups is 1. The number of morpholine rings is 1. The number of alkyl halides is 3. The first kappa shape index (κ1) is 22.0. The Bertz CT molecular complexity index is 920. The number of fused-ring (bicyclic) bond motifs is 1. The molecule has 2 aliphatic rings. The van der Waals surface area contributed by atoms with Crippen LogP contribution in [-0.4, -0.2) is 65.9 Å². The third kappa shape index (κ3) is 4.86. The number of amides is 1. The highest BCUT2D eigenvalue weighted by molar-refractivity contribution is 5.86. The van der Waals surface area contributed by atoms with Gasteiger partial charge in [-0.25, -0.2) is 4.98 Å². The number of ether oxygens (including phenoxy) is 2. The zero-order valence-electron chi connectivity index (χ0n) is 17.5. The molecule has 31 heavy (non-hydrogen) atoms. The van der Waals surface area contributed by atoms with Crippen molar-refractivity contribution in [2.24, 2.45) is 0 Å². The van der Waals surface area contributed by atoms with E-state index in [-0.39, 0.29) is 29.5 Å². The molecular formula is C21H27F3N4O3. The molecule has 1 N–H and O–H groups in total. The van der Waals surface area contributed by atoms with Crippen LogP contribution in [0, 0.1) is 0 Å². The third-order valence-corrected chi connectivity index (χ3v) is 5.70. The van der Waals surface area contributed by atoms with E-state index in [9.17, 15) is 18.0 Å². The van der Waals surface area contributed by atoms with E-state index >= 15 is 0 Å². The van der Waals surface area contributed by atoms with Crippen LogP contribution in [0.1, 0.15) is 30.4 Å².